The third kappa shape index (κ3) is 3.83. The molecule has 0 bridgehead atoms. The van der Waals surface area contributed by atoms with Gasteiger partial charge >= 0.3 is 0 Å². The number of likely N-dealkylation sites (tertiary alicyclic amines) is 1. The summed E-state index contributed by atoms with van der Waals surface area (Å²) in [7, 11) is 0. The summed E-state index contributed by atoms with van der Waals surface area (Å²) in [5, 5.41) is 6.80. The molecule has 114 valence electrons. The molecule has 1 saturated carbocycles. The number of rotatable bonds is 7. The normalized spacial score (nSPS) is 18.3. The molecule has 0 radical (unpaired) electrons. The van der Waals surface area contributed by atoms with E-state index in [0.29, 0.717) is 38.3 Å². The maximum Gasteiger partial charge on any atom is 0.222 e. The Morgan fingerprint density at radius 3 is 3.05 bits per heavy atom. The molecule has 0 unspecified atom stereocenters. The number of nitrogens with one attached hydrogen (secondary N) is 1. The molecule has 0 aromatic carbocycles. The van der Waals surface area contributed by atoms with Gasteiger partial charge < -0.3 is 14.7 Å². The van der Waals surface area contributed by atoms with Crippen molar-refractivity contribution in [2.45, 2.75) is 51.0 Å². The van der Waals surface area contributed by atoms with Gasteiger partial charge in [-0.2, -0.15) is 0 Å². The van der Waals surface area contributed by atoms with Crippen LogP contribution in [0.5, 0.6) is 0 Å². The molecule has 6 nitrogen and oxygen atoms in total. The van der Waals surface area contributed by atoms with Gasteiger partial charge in [-0.1, -0.05) is 5.16 Å². The molecule has 1 aliphatic carbocycles. The van der Waals surface area contributed by atoms with E-state index in [-0.39, 0.29) is 11.8 Å². The Morgan fingerprint density at radius 2 is 2.33 bits per heavy atom. The van der Waals surface area contributed by atoms with Crippen molar-refractivity contribution < 1.29 is 14.1 Å². The Morgan fingerprint density at radius 1 is 1.48 bits per heavy atom. The highest BCUT2D eigenvalue weighted by Gasteiger charge is 2.27. The van der Waals surface area contributed by atoms with Crippen LogP contribution >= 0.6 is 0 Å². The summed E-state index contributed by atoms with van der Waals surface area (Å²) >= 11 is 0. The summed E-state index contributed by atoms with van der Waals surface area (Å²) in [5.74, 6) is 1.69. The molecule has 0 atom stereocenters. The molecule has 2 heterocycles. The lowest BCUT2D eigenvalue weighted by atomic mass is 10.2. The Bertz CT molecular complexity index is 522. The van der Waals surface area contributed by atoms with Crippen LogP contribution in [0.15, 0.2) is 10.6 Å². The zero-order valence-corrected chi connectivity index (χ0v) is 12.1. The van der Waals surface area contributed by atoms with E-state index < -0.39 is 0 Å². The highest BCUT2D eigenvalue weighted by molar-refractivity contribution is 5.78. The molecule has 21 heavy (non-hydrogen) atoms. The van der Waals surface area contributed by atoms with E-state index in [1.54, 1.807) is 0 Å². The van der Waals surface area contributed by atoms with Gasteiger partial charge in [0.1, 0.15) is 11.5 Å². The van der Waals surface area contributed by atoms with Crippen LogP contribution in [0.1, 0.15) is 55.9 Å². The SMILES string of the molecule is O=C(CCCN1CCCC1=O)NCc1cc(C2CC2)on1. The lowest BCUT2D eigenvalue weighted by Crippen LogP contribution is -2.28. The van der Waals surface area contributed by atoms with Crippen LogP contribution in [0.4, 0.5) is 0 Å². The van der Waals surface area contributed by atoms with Crippen molar-refractivity contribution in [1.82, 2.24) is 15.4 Å². The predicted octanol–water partition coefficient (Wildman–Crippen LogP) is 1.57. The molecular weight excluding hydrogens is 270 g/mol. The van der Waals surface area contributed by atoms with Gasteiger partial charge in [0.2, 0.25) is 11.8 Å². The standard InChI is InChI=1S/C15H21N3O3/c19-14(3-1-7-18-8-2-4-15(18)20)16-10-12-9-13(21-17-12)11-5-6-11/h9,11H,1-8,10H2,(H,16,19). The third-order valence-electron chi connectivity index (χ3n) is 4.03. The van der Waals surface area contributed by atoms with Gasteiger partial charge in [0.05, 0.1) is 6.54 Å². The van der Waals surface area contributed by atoms with Crippen LogP contribution in [0.25, 0.3) is 0 Å². The Kier molecular flexibility index (Phi) is 4.22. The van der Waals surface area contributed by atoms with Crippen LogP contribution < -0.4 is 5.32 Å². The zero-order chi connectivity index (χ0) is 14.7. The predicted molar refractivity (Wildman–Crippen MR) is 75.4 cm³/mol. The van der Waals surface area contributed by atoms with E-state index in [2.05, 4.69) is 10.5 Å². The van der Waals surface area contributed by atoms with Crippen molar-refractivity contribution in [2.24, 2.45) is 0 Å². The molecule has 1 saturated heterocycles. The highest BCUT2D eigenvalue weighted by Crippen LogP contribution is 2.40. The van der Waals surface area contributed by atoms with Crippen molar-refractivity contribution in [3.63, 3.8) is 0 Å². The number of hydrogen-bond acceptors (Lipinski definition) is 4. The van der Waals surface area contributed by atoms with Gasteiger partial charge in [-0.3, -0.25) is 9.59 Å². The molecule has 3 rings (SSSR count). The quantitative estimate of drug-likeness (QED) is 0.827. The van der Waals surface area contributed by atoms with E-state index in [4.69, 9.17) is 4.52 Å². The first kappa shape index (κ1) is 14.1. The third-order valence-corrected chi connectivity index (χ3v) is 4.03. The average Bonchev–Trinajstić information content (AvgIpc) is 3.08. The number of carbonyl (C=O) groups is 2. The second-order valence-electron chi connectivity index (χ2n) is 5.86. The van der Waals surface area contributed by atoms with Crippen molar-refractivity contribution in [3.05, 3.63) is 17.5 Å². The molecule has 6 heteroatoms. The Hall–Kier alpha value is -1.85. The van der Waals surface area contributed by atoms with Crippen LogP contribution in [0.3, 0.4) is 0 Å². The van der Waals surface area contributed by atoms with E-state index in [9.17, 15) is 9.59 Å². The molecule has 2 fully saturated rings. The summed E-state index contributed by atoms with van der Waals surface area (Å²) in [6.45, 7) is 1.93. The van der Waals surface area contributed by atoms with Crippen molar-refractivity contribution in [1.29, 1.82) is 0 Å². The smallest absolute Gasteiger partial charge is 0.222 e. The summed E-state index contributed by atoms with van der Waals surface area (Å²) in [6, 6.07) is 1.93. The summed E-state index contributed by atoms with van der Waals surface area (Å²) in [6.07, 6.45) is 5.11. The maximum absolute atomic E-state index is 11.8. The topological polar surface area (TPSA) is 75.4 Å². The Labute approximate surface area is 123 Å². The first-order valence-corrected chi connectivity index (χ1v) is 7.72. The van der Waals surface area contributed by atoms with E-state index in [0.717, 1.165) is 24.4 Å². The minimum atomic E-state index is -0.00221. The van der Waals surface area contributed by atoms with Gasteiger partial charge in [-0.25, -0.2) is 0 Å². The fraction of sp³-hybridized carbons (Fsp3) is 0.667. The summed E-state index contributed by atoms with van der Waals surface area (Å²) in [5.41, 5.74) is 0.778. The van der Waals surface area contributed by atoms with Gasteiger partial charge in [-0.15, -0.1) is 0 Å². The molecule has 2 aliphatic rings. The van der Waals surface area contributed by atoms with Crippen LogP contribution in [0.2, 0.25) is 0 Å². The highest BCUT2D eigenvalue weighted by atomic mass is 16.5. The summed E-state index contributed by atoms with van der Waals surface area (Å²) in [4.78, 5) is 25.0. The number of carbonyl (C=O) groups excluding carboxylic acids is 2. The fourth-order valence-electron chi connectivity index (χ4n) is 2.62. The minimum Gasteiger partial charge on any atom is -0.361 e. The molecule has 1 N–H and O–H groups in total. The molecule has 1 aromatic rings. The molecular formula is C15H21N3O3. The molecule has 0 spiro atoms. The van der Waals surface area contributed by atoms with Crippen LogP contribution in [-0.2, 0) is 16.1 Å². The lowest BCUT2D eigenvalue weighted by Gasteiger charge is -2.14. The van der Waals surface area contributed by atoms with E-state index in [1.807, 2.05) is 11.0 Å². The van der Waals surface area contributed by atoms with Crippen LogP contribution in [-0.4, -0.2) is 35.0 Å². The maximum atomic E-state index is 11.8. The van der Waals surface area contributed by atoms with Gasteiger partial charge in [0.15, 0.2) is 0 Å². The van der Waals surface area contributed by atoms with Gasteiger partial charge in [0.25, 0.3) is 0 Å². The van der Waals surface area contributed by atoms with Crippen LogP contribution in [0, 0.1) is 0 Å². The fourth-order valence-corrected chi connectivity index (χ4v) is 2.62. The molecule has 1 aromatic heterocycles. The van der Waals surface area contributed by atoms with Gasteiger partial charge in [-0.05, 0) is 25.7 Å². The average molecular weight is 291 g/mol. The minimum absolute atomic E-state index is 0.00221. The molecule has 2 amide bonds. The number of amides is 2. The lowest BCUT2D eigenvalue weighted by molar-refractivity contribution is -0.128. The van der Waals surface area contributed by atoms with Crippen molar-refractivity contribution >= 4 is 11.8 Å². The first-order valence-electron chi connectivity index (χ1n) is 7.72. The number of nitrogens with zero attached hydrogens (tertiary/aromatic N) is 2. The Balaban J connectivity index is 1.33. The monoisotopic (exact) mass is 291 g/mol. The van der Waals surface area contributed by atoms with E-state index >= 15 is 0 Å². The number of aromatic nitrogens is 1. The van der Waals surface area contributed by atoms with Crippen molar-refractivity contribution in [3.8, 4) is 0 Å². The zero-order valence-electron chi connectivity index (χ0n) is 12.1. The second kappa shape index (κ2) is 6.28. The first-order chi connectivity index (χ1) is 10.2. The van der Waals surface area contributed by atoms with Crippen molar-refractivity contribution in [2.75, 3.05) is 13.1 Å². The number of hydrogen-bond donors (Lipinski definition) is 1. The summed E-state index contributed by atoms with van der Waals surface area (Å²) < 4.78 is 5.24. The largest absolute Gasteiger partial charge is 0.361 e. The molecule has 1 aliphatic heterocycles. The van der Waals surface area contributed by atoms with Gasteiger partial charge in [0, 0.05) is 37.9 Å². The van der Waals surface area contributed by atoms with E-state index in [1.165, 1.54) is 12.8 Å². The second-order valence-corrected chi connectivity index (χ2v) is 5.86.